The molecule has 0 amide bonds. The monoisotopic (exact) mass is 310 g/mol. The molecule has 1 aliphatic rings. The number of nitrogens with zero attached hydrogens (tertiary/aromatic N) is 2. The molecule has 0 N–H and O–H groups in total. The fourth-order valence-electron chi connectivity index (χ4n) is 2.93. The Hall–Kier alpha value is -1.90. The van der Waals surface area contributed by atoms with Crippen molar-refractivity contribution in [2.45, 2.75) is 65.7 Å². The highest BCUT2D eigenvalue weighted by Gasteiger charge is 2.27. The summed E-state index contributed by atoms with van der Waals surface area (Å²) in [4.78, 5) is 9.13. The van der Waals surface area contributed by atoms with E-state index in [-0.39, 0.29) is 10.8 Å². The number of benzene rings is 1. The predicted octanol–water partition coefficient (Wildman–Crippen LogP) is 5.59. The molecular formula is C20H26N2O. The Morgan fingerprint density at radius 1 is 1.00 bits per heavy atom. The molecule has 2 aromatic rings. The van der Waals surface area contributed by atoms with Gasteiger partial charge in [0.05, 0.1) is 0 Å². The van der Waals surface area contributed by atoms with Crippen molar-refractivity contribution in [1.82, 2.24) is 4.98 Å². The lowest BCUT2D eigenvalue weighted by Gasteiger charge is -2.26. The van der Waals surface area contributed by atoms with E-state index in [1.54, 1.807) is 0 Å². The number of aliphatic imine (C=N–C) groups is 1. The Bertz CT molecular complexity index is 783. The molecule has 0 spiro atoms. The van der Waals surface area contributed by atoms with E-state index in [4.69, 9.17) is 9.40 Å². The lowest BCUT2D eigenvalue weighted by molar-refractivity contribution is 0.557. The average molecular weight is 310 g/mol. The standard InChI is InChI=1S/C20H26N2O/c1-12-10-16-18(21-12)23-17(22-16)14-9-8-13(19(2,3)4)11-15(14)20(5,6)7/h8-9,11H,10H2,1-7H3. The summed E-state index contributed by atoms with van der Waals surface area (Å²) in [7, 11) is 0. The zero-order valence-electron chi connectivity index (χ0n) is 15.2. The molecule has 3 heteroatoms. The normalized spacial score (nSPS) is 14.8. The van der Waals surface area contributed by atoms with Crippen molar-refractivity contribution in [1.29, 1.82) is 0 Å². The molecule has 0 unspecified atom stereocenters. The Morgan fingerprint density at radius 2 is 1.70 bits per heavy atom. The highest BCUT2D eigenvalue weighted by Crippen LogP contribution is 2.39. The third-order valence-electron chi connectivity index (χ3n) is 4.32. The minimum atomic E-state index is 0.0225. The fourth-order valence-corrected chi connectivity index (χ4v) is 2.93. The van der Waals surface area contributed by atoms with Gasteiger partial charge in [0.2, 0.25) is 11.8 Å². The van der Waals surface area contributed by atoms with Crippen molar-refractivity contribution in [3.63, 3.8) is 0 Å². The number of aromatic nitrogens is 1. The van der Waals surface area contributed by atoms with Crippen LogP contribution in [-0.2, 0) is 17.3 Å². The maximum atomic E-state index is 5.95. The van der Waals surface area contributed by atoms with Crippen molar-refractivity contribution < 1.29 is 4.42 Å². The molecule has 3 rings (SSSR count). The van der Waals surface area contributed by atoms with Crippen LogP contribution in [0.25, 0.3) is 11.5 Å². The van der Waals surface area contributed by atoms with Crippen molar-refractivity contribution in [3.05, 3.63) is 35.0 Å². The van der Waals surface area contributed by atoms with Crippen molar-refractivity contribution in [2.75, 3.05) is 0 Å². The quantitative estimate of drug-likeness (QED) is 0.689. The molecule has 0 radical (unpaired) electrons. The minimum absolute atomic E-state index is 0.0225. The lowest BCUT2D eigenvalue weighted by atomic mass is 9.78. The van der Waals surface area contributed by atoms with Gasteiger partial charge in [-0.2, -0.15) is 0 Å². The Kier molecular flexibility index (Phi) is 3.51. The summed E-state index contributed by atoms with van der Waals surface area (Å²) in [6.07, 6.45) is 0.795. The third-order valence-corrected chi connectivity index (χ3v) is 4.32. The van der Waals surface area contributed by atoms with Crippen LogP contribution >= 0.6 is 0 Å². The van der Waals surface area contributed by atoms with E-state index in [1.807, 2.05) is 6.92 Å². The molecule has 0 saturated carbocycles. The molecule has 1 aliphatic heterocycles. The zero-order valence-corrected chi connectivity index (χ0v) is 15.2. The van der Waals surface area contributed by atoms with Crippen LogP contribution in [0.2, 0.25) is 0 Å². The van der Waals surface area contributed by atoms with Crippen LogP contribution in [0.4, 0.5) is 5.88 Å². The summed E-state index contributed by atoms with van der Waals surface area (Å²) in [5, 5.41) is 0. The summed E-state index contributed by atoms with van der Waals surface area (Å²) in [6, 6.07) is 6.65. The van der Waals surface area contributed by atoms with E-state index < -0.39 is 0 Å². The first-order valence-electron chi connectivity index (χ1n) is 8.25. The van der Waals surface area contributed by atoms with Gasteiger partial charge in [-0.3, -0.25) is 0 Å². The second-order valence-corrected chi connectivity index (χ2v) is 8.56. The van der Waals surface area contributed by atoms with Gasteiger partial charge in [0, 0.05) is 17.7 Å². The van der Waals surface area contributed by atoms with Crippen molar-refractivity contribution in [3.8, 4) is 11.5 Å². The number of hydrogen-bond acceptors (Lipinski definition) is 3. The fraction of sp³-hybridized carbons (Fsp3) is 0.500. The van der Waals surface area contributed by atoms with Gasteiger partial charge >= 0.3 is 0 Å². The van der Waals surface area contributed by atoms with Crippen LogP contribution in [-0.4, -0.2) is 10.7 Å². The first-order valence-corrected chi connectivity index (χ1v) is 8.25. The SMILES string of the molecule is CC1=Nc2oc(-c3ccc(C(C)(C)C)cc3C(C)(C)C)nc2C1. The molecule has 3 nitrogen and oxygen atoms in total. The predicted molar refractivity (Wildman–Crippen MR) is 95.8 cm³/mol. The molecule has 0 fully saturated rings. The van der Waals surface area contributed by atoms with E-state index in [0.29, 0.717) is 11.8 Å². The van der Waals surface area contributed by atoms with E-state index in [2.05, 4.69) is 64.7 Å². The van der Waals surface area contributed by atoms with Gasteiger partial charge in [0.1, 0.15) is 5.69 Å². The smallest absolute Gasteiger partial charge is 0.243 e. The molecule has 0 aliphatic carbocycles. The lowest BCUT2D eigenvalue weighted by Crippen LogP contribution is -2.17. The molecule has 0 saturated heterocycles. The minimum Gasteiger partial charge on any atom is -0.418 e. The van der Waals surface area contributed by atoms with Crippen LogP contribution in [0.3, 0.4) is 0 Å². The number of fused-ring (bicyclic) bond motifs is 1. The summed E-state index contributed by atoms with van der Waals surface area (Å²) >= 11 is 0. The number of hydrogen-bond donors (Lipinski definition) is 0. The van der Waals surface area contributed by atoms with E-state index in [9.17, 15) is 0 Å². The molecule has 122 valence electrons. The van der Waals surface area contributed by atoms with E-state index in [1.165, 1.54) is 11.1 Å². The third kappa shape index (κ3) is 2.97. The Balaban J connectivity index is 2.14. The molecule has 1 aromatic carbocycles. The summed E-state index contributed by atoms with van der Waals surface area (Å²) < 4.78 is 5.95. The zero-order chi connectivity index (χ0) is 17.0. The Morgan fingerprint density at radius 3 is 2.26 bits per heavy atom. The first-order chi connectivity index (χ1) is 10.6. The van der Waals surface area contributed by atoms with Gasteiger partial charge in [0.25, 0.3) is 0 Å². The summed E-state index contributed by atoms with van der Waals surface area (Å²) in [6.45, 7) is 15.4. The van der Waals surface area contributed by atoms with Gasteiger partial charge in [-0.1, -0.05) is 53.7 Å². The van der Waals surface area contributed by atoms with Gasteiger partial charge in [0.15, 0.2) is 0 Å². The van der Waals surface area contributed by atoms with Crippen LogP contribution in [0, 0.1) is 0 Å². The molecule has 0 bridgehead atoms. The highest BCUT2D eigenvalue weighted by molar-refractivity contribution is 5.90. The second kappa shape index (κ2) is 5.05. The van der Waals surface area contributed by atoms with E-state index >= 15 is 0 Å². The molecule has 23 heavy (non-hydrogen) atoms. The van der Waals surface area contributed by atoms with Crippen LogP contribution in [0.15, 0.2) is 27.6 Å². The van der Waals surface area contributed by atoms with Crippen LogP contribution in [0.5, 0.6) is 0 Å². The van der Waals surface area contributed by atoms with Crippen molar-refractivity contribution >= 4 is 11.6 Å². The highest BCUT2D eigenvalue weighted by atomic mass is 16.4. The molecule has 2 heterocycles. The molecule has 0 atom stereocenters. The first kappa shape index (κ1) is 16.0. The maximum absolute atomic E-state index is 5.95. The second-order valence-electron chi connectivity index (χ2n) is 8.56. The Labute approximate surface area is 138 Å². The topological polar surface area (TPSA) is 38.4 Å². The number of rotatable bonds is 1. The molecular weight excluding hydrogens is 284 g/mol. The van der Waals surface area contributed by atoms with Gasteiger partial charge in [-0.25, -0.2) is 9.98 Å². The molecule has 1 aromatic heterocycles. The van der Waals surface area contributed by atoms with Gasteiger partial charge < -0.3 is 4.42 Å². The maximum Gasteiger partial charge on any atom is 0.243 e. The van der Waals surface area contributed by atoms with Crippen LogP contribution < -0.4 is 0 Å². The van der Waals surface area contributed by atoms with Crippen LogP contribution in [0.1, 0.15) is 65.3 Å². The number of oxazole rings is 1. The average Bonchev–Trinajstić information content (AvgIpc) is 2.93. The van der Waals surface area contributed by atoms with E-state index in [0.717, 1.165) is 23.4 Å². The summed E-state index contributed by atoms with van der Waals surface area (Å²) in [5.41, 5.74) is 5.85. The largest absolute Gasteiger partial charge is 0.418 e. The van der Waals surface area contributed by atoms with Gasteiger partial charge in [-0.05, 0) is 34.9 Å². The van der Waals surface area contributed by atoms with Crippen molar-refractivity contribution in [2.24, 2.45) is 4.99 Å². The summed E-state index contributed by atoms with van der Waals surface area (Å²) in [5.74, 6) is 1.37. The van der Waals surface area contributed by atoms with Gasteiger partial charge in [-0.15, -0.1) is 0 Å².